The van der Waals surface area contributed by atoms with E-state index in [1.165, 1.54) is 0 Å². The molecule has 2 rings (SSSR count). The van der Waals surface area contributed by atoms with Gasteiger partial charge in [-0.15, -0.1) is 0 Å². The standard InChI is InChI=1S/C7H4BrN3O/c8-6-3-11-2-5(4-12)10-7(11)1-9-6/h1-4H. The van der Waals surface area contributed by atoms with E-state index in [9.17, 15) is 4.79 Å². The molecule has 0 atom stereocenters. The zero-order valence-corrected chi connectivity index (χ0v) is 7.52. The maximum atomic E-state index is 10.4. The highest BCUT2D eigenvalue weighted by molar-refractivity contribution is 9.10. The van der Waals surface area contributed by atoms with Crippen LogP contribution in [0.15, 0.2) is 23.2 Å². The average Bonchev–Trinajstić information content (AvgIpc) is 2.46. The number of aldehydes is 1. The Kier molecular flexibility index (Phi) is 1.65. The second kappa shape index (κ2) is 2.67. The van der Waals surface area contributed by atoms with Gasteiger partial charge in [-0.3, -0.25) is 4.79 Å². The molecule has 0 N–H and O–H groups in total. The number of hydrogen-bond donors (Lipinski definition) is 0. The van der Waals surface area contributed by atoms with Gasteiger partial charge in [-0.25, -0.2) is 9.97 Å². The van der Waals surface area contributed by atoms with E-state index in [4.69, 9.17) is 0 Å². The zero-order valence-electron chi connectivity index (χ0n) is 5.94. The van der Waals surface area contributed by atoms with E-state index in [1.54, 1.807) is 23.0 Å². The van der Waals surface area contributed by atoms with Gasteiger partial charge in [-0.05, 0) is 15.9 Å². The lowest BCUT2D eigenvalue weighted by Crippen LogP contribution is -1.84. The van der Waals surface area contributed by atoms with Crippen molar-refractivity contribution in [2.45, 2.75) is 0 Å². The first kappa shape index (κ1) is 7.42. The van der Waals surface area contributed by atoms with E-state index in [0.717, 1.165) is 0 Å². The third-order valence-corrected chi connectivity index (χ3v) is 1.86. The molecule has 0 aliphatic heterocycles. The highest BCUT2D eigenvalue weighted by Crippen LogP contribution is 2.07. The molecule has 0 aliphatic rings. The number of carbonyl (C=O) groups excluding carboxylic acids is 1. The number of nitrogens with zero attached hydrogens (tertiary/aromatic N) is 3. The molecule has 2 heterocycles. The molecule has 12 heavy (non-hydrogen) atoms. The Morgan fingerprint density at radius 3 is 3.08 bits per heavy atom. The van der Waals surface area contributed by atoms with Crippen molar-refractivity contribution in [3.8, 4) is 0 Å². The van der Waals surface area contributed by atoms with Crippen LogP contribution in [0.3, 0.4) is 0 Å². The first-order valence-electron chi connectivity index (χ1n) is 3.25. The van der Waals surface area contributed by atoms with E-state index in [-0.39, 0.29) is 0 Å². The number of carbonyl (C=O) groups is 1. The summed E-state index contributed by atoms with van der Waals surface area (Å²) in [6.07, 6.45) is 5.70. The normalized spacial score (nSPS) is 10.4. The summed E-state index contributed by atoms with van der Waals surface area (Å²) in [7, 11) is 0. The summed E-state index contributed by atoms with van der Waals surface area (Å²) >= 11 is 3.22. The second-order valence-corrected chi connectivity index (χ2v) is 3.07. The molecule has 0 radical (unpaired) electrons. The predicted molar refractivity (Wildman–Crippen MR) is 46.1 cm³/mol. The van der Waals surface area contributed by atoms with Crippen LogP contribution in [0.25, 0.3) is 5.65 Å². The van der Waals surface area contributed by atoms with Gasteiger partial charge in [0.2, 0.25) is 0 Å². The van der Waals surface area contributed by atoms with Gasteiger partial charge in [-0.2, -0.15) is 0 Å². The van der Waals surface area contributed by atoms with Gasteiger partial charge in [0.1, 0.15) is 10.3 Å². The molecular weight excluding hydrogens is 222 g/mol. The molecule has 0 saturated carbocycles. The van der Waals surface area contributed by atoms with Crippen molar-refractivity contribution >= 4 is 27.9 Å². The minimum Gasteiger partial charge on any atom is -0.302 e. The van der Waals surface area contributed by atoms with Crippen LogP contribution in [-0.2, 0) is 0 Å². The smallest absolute Gasteiger partial charge is 0.170 e. The number of hydrogen-bond acceptors (Lipinski definition) is 3. The molecule has 0 spiro atoms. The Balaban J connectivity index is 2.75. The lowest BCUT2D eigenvalue weighted by molar-refractivity contribution is 0.111. The Hall–Kier alpha value is -1.23. The minimum atomic E-state index is 0.412. The van der Waals surface area contributed by atoms with E-state index in [2.05, 4.69) is 25.9 Å². The van der Waals surface area contributed by atoms with E-state index in [0.29, 0.717) is 22.2 Å². The summed E-state index contributed by atoms with van der Waals surface area (Å²) in [6.45, 7) is 0. The molecule has 0 saturated heterocycles. The summed E-state index contributed by atoms with van der Waals surface area (Å²) in [5.74, 6) is 0. The fraction of sp³-hybridized carbons (Fsp3) is 0. The van der Waals surface area contributed by atoms with Crippen LogP contribution in [0.2, 0.25) is 0 Å². The first-order valence-corrected chi connectivity index (χ1v) is 4.04. The summed E-state index contributed by atoms with van der Waals surface area (Å²) < 4.78 is 2.45. The van der Waals surface area contributed by atoms with Crippen molar-refractivity contribution in [1.29, 1.82) is 0 Å². The van der Waals surface area contributed by atoms with Crippen LogP contribution in [0.4, 0.5) is 0 Å². The molecule has 5 heteroatoms. The third-order valence-electron chi connectivity index (χ3n) is 1.45. The largest absolute Gasteiger partial charge is 0.302 e. The van der Waals surface area contributed by atoms with Crippen molar-refractivity contribution < 1.29 is 4.79 Å². The molecule has 4 nitrogen and oxygen atoms in total. The summed E-state index contributed by atoms with van der Waals surface area (Å²) in [5.41, 5.74) is 1.08. The SMILES string of the molecule is O=Cc1cn2cc(Br)ncc2n1. The van der Waals surface area contributed by atoms with Gasteiger partial charge in [0.15, 0.2) is 11.9 Å². The van der Waals surface area contributed by atoms with E-state index < -0.39 is 0 Å². The van der Waals surface area contributed by atoms with Crippen LogP contribution >= 0.6 is 15.9 Å². The Morgan fingerprint density at radius 1 is 1.50 bits per heavy atom. The first-order chi connectivity index (χ1) is 5.79. The molecular formula is C7H4BrN3O. The van der Waals surface area contributed by atoms with Crippen LogP contribution in [-0.4, -0.2) is 20.7 Å². The van der Waals surface area contributed by atoms with Crippen LogP contribution in [0.1, 0.15) is 10.5 Å². The van der Waals surface area contributed by atoms with Crippen LogP contribution < -0.4 is 0 Å². The number of imidazole rings is 1. The predicted octanol–water partition coefficient (Wildman–Crippen LogP) is 1.30. The van der Waals surface area contributed by atoms with Crippen LogP contribution in [0.5, 0.6) is 0 Å². The topological polar surface area (TPSA) is 47.3 Å². The molecule has 60 valence electrons. The van der Waals surface area contributed by atoms with E-state index in [1.807, 2.05) is 0 Å². The fourth-order valence-corrected chi connectivity index (χ4v) is 1.27. The molecule has 0 amide bonds. The zero-order chi connectivity index (χ0) is 8.55. The molecule has 0 unspecified atom stereocenters. The molecule has 0 bridgehead atoms. The maximum Gasteiger partial charge on any atom is 0.170 e. The lowest BCUT2D eigenvalue weighted by atomic mass is 10.5. The number of fused-ring (bicyclic) bond motifs is 1. The molecule has 2 aromatic rings. The maximum absolute atomic E-state index is 10.4. The highest BCUT2D eigenvalue weighted by Gasteiger charge is 1.99. The summed E-state index contributed by atoms with van der Waals surface area (Å²) in [5, 5.41) is 0. The highest BCUT2D eigenvalue weighted by atomic mass is 79.9. The van der Waals surface area contributed by atoms with Gasteiger partial charge in [-0.1, -0.05) is 0 Å². The summed E-state index contributed by atoms with van der Waals surface area (Å²) in [6, 6.07) is 0. The van der Waals surface area contributed by atoms with Gasteiger partial charge in [0, 0.05) is 12.4 Å². The van der Waals surface area contributed by atoms with Gasteiger partial charge in [0.05, 0.1) is 6.20 Å². The Labute approximate surface area is 76.4 Å². The third kappa shape index (κ3) is 1.12. The molecule has 2 aromatic heterocycles. The van der Waals surface area contributed by atoms with Crippen molar-refractivity contribution in [1.82, 2.24) is 14.4 Å². The van der Waals surface area contributed by atoms with Crippen molar-refractivity contribution in [2.75, 3.05) is 0 Å². The Bertz CT molecular complexity index is 437. The second-order valence-electron chi connectivity index (χ2n) is 2.26. The summed E-state index contributed by atoms with van der Waals surface area (Å²) in [4.78, 5) is 18.3. The van der Waals surface area contributed by atoms with Gasteiger partial charge < -0.3 is 4.40 Å². The van der Waals surface area contributed by atoms with E-state index >= 15 is 0 Å². The molecule has 0 fully saturated rings. The number of halogens is 1. The molecule has 0 aliphatic carbocycles. The Morgan fingerprint density at radius 2 is 2.33 bits per heavy atom. The van der Waals surface area contributed by atoms with Crippen LogP contribution in [0, 0.1) is 0 Å². The lowest BCUT2D eigenvalue weighted by Gasteiger charge is -1.90. The van der Waals surface area contributed by atoms with Crippen molar-refractivity contribution in [3.05, 3.63) is 28.9 Å². The average molecular weight is 226 g/mol. The monoisotopic (exact) mass is 225 g/mol. The number of aromatic nitrogens is 3. The minimum absolute atomic E-state index is 0.412. The van der Waals surface area contributed by atoms with Gasteiger partial charge >= 0.3 is 0 Å². The van der Waals surface area contributed by atoms with Gasteiger partial charge in [0.25, 0.3) is 0 Å². The van der Waals surface area contributed by atoms with Crippen molar-refractivity contribution in [2.24, 2.45) is 0 Å². The van der Waals surface area contributed by atoms with Crippen molar-refractivity contribution in [3.63, 3.8) is 0 Å². The number of rotatable bonds is 1. The fourth-order valence-electron chi connectivity index (χ4n) is 0.951. The molecule has 0 aromatic carbocycles. The quantitative estimate of drug-likeness (QED) is 0.688.